The molecule has 1 unspecified atom stereocenters. The number of ether oxygens (including phenoxy) is 2. The largest absolute Gasteiger partial charge is 0.497 e. The van der Waals surface area contributed by atoms with E-state index in [0.29, 0.717) is 18.6 Å². The molecule has 8 heteroatoms. The maximum absolute atomic E-state index is 12.7. The predicted molar refractivity (Wildman–Crippen MR) is 97.5 cm³/mol. The molecule has 0 bridgehead atoms. The van der Waals surface area contributed by atoms with Crippen molar-refractivity contribution in [1.29, 1.82) is 0 Å². The lowest BCUT2D eigenvalue weighted by Crippen LogP contribution is -2.50. The lowest BCUT2D eigenvalue weighted by molar-refractivity contribution is -0.137. The van der Waals surface area contributed by atoms with Gasteiger partial charge in [0.15, 0.2) is 0 Å². The molecule has 1 aromatic rings. The molecule has 1 spiro atoms. The molecule has 1 atom stereocenters. The van der Waals surface area contributed by atoms with Crippen molar-refractivity contribution >= 4 is 17.8 Å². The molecule has 0 radical (unpaired) electrons. The quantitative estimate of drug-likeness (QED) is 0.555. The van der Waals surface area contributed by atoms with E-state index in [2.05, 4.69) is 10.6 Å². The maximum atomic E-state index is 12.7. The molecule has 8 nitrogen and oxygen atoms in total. The van der Waals surface area contributed by atoms with Crippen molar-refractivity contribution in [1.82, 2.24) is 15.5 Å². The van der Waals surface area contributed by atoms with E-state index >= 15 is 0 Å². The Morgan fingerprint density at radius 3 is 2.48 bits per heavy atom. The van der Waals surface area contributed by atoms with Gasteiger partial charge in [-0.3, -0.25) is 9.59 Å². The Labute approximate surface area is 158 Å². The van der Waals surface area contributed by atoms with Crippen LogP contribution in [0.25, 0.3) is 0 Å². The monoisotopic (exact) mass is 375 g/mol. The summed E-state index contributed by atoms with van der Waals surface area (Å²) in [7, 11) is 1.59. The van der Waals surface area contributed by atoms with Gasteiger partial charge < -0.3 is 20.1 Å². The molecule has 146 valence electrons. The fourth-order valence-electron chi connectivity index (χ4n) is 3.59. The summed E-state index contributed by atoms with van der Waals surface area (Å²) in [5.41, 5.74) is -0.802. The molecule has 1 aromatic carbocycles. The van der Waals surface area contributed by atoms with Crippen molar-refractivity contribution in [2.75, 3.05) is 20.3 Å². The Morgan fingerprint density at radius 1 is 1.22 bits per heavy atom. The summed E-state index contributed by atoms with van der Waals surface area (Å²) in [4.78, 5) is 38.3. The van der Waals surface area contributed by atoms with Gasteiger partial charge in [-0.1, -0.05) is 12.8 Å². The molecule has 4 amide bonds. The van der Waals surface area contributed by atoms with E-state index in [1.807, 2.05) is 0 Å². The van der Waals surface area contributed by atoms with Gasteiger partial charge in [-0.15, -0.1) is 0 Å². The minimum Gasteiger partial charge on any atom is -0.497 e. The van der Waals surface area contributed by atoms with E-state index in [1.54, 1.807) is 38.3 Å². The smallest absolute Gasteiger partial charge is 0.325 e. The highest BCUT2D eigenvalue weighted by Gasteiger charge is 2.54. The SMILES string of the molecule is COc1ccc(OCCNC(=O)C(C)N2C(=O)NC3(CCCC3)C2=O)cc1. The number of imide groups is 1. The summed E-state index contributed by atoms with van der Waals surface area (Å²) in [5, 5.41) is 5.50. The number of hydrogen-bond donors (Lipinski definition) is 2. The number of benzene rings is 1. The zero-order valence-electron chi connectivity index (χ0n) is 15.6. The fraction of sp³-hybridized carbons (Fsp3) is 0.526. The standard InChI is InChI=1S/C19H25N3O5/c1-13(22-17(24)19(21-18(22)25)9-3-4-10-19)16(23)20-11-12-27-15-7-5-14(26-2)6-8-15/h5-8,13H,3-4,9-12H2,1-2H3,(H,20,23)(H,21,25). The molecular formula is C19H25N3O5. The third-order valence-electron chi connectivity index (χ3n) is 5.15. The number of carbonyl (C=O) groups is 3. The summed E-state index contributed by atoms with van der Waals surface area (Å²) >= 11 is 0. The molecule has 1 saturated heterocycles. The second kappa shape index (κ2) is 7.85. The van der Waals surface area contributed by atoms with Crippen LogP contribution >= 0.6 is 0 Å². The fourth-order valence-corrected chi connectivity index (χ4v) is 3.59. The minimum atomic E-state index is -0.863. The Balaban J connectivity index is 1.47. The first-order valence-corrected chi connectivity index (χ1v) is 9.17. The van der Waals surface area contributed by atoms with Gasteiger partial charge in [0.2, 0.25) is 5.91 Å². The summed E-state index contributed by atoms with van der Waals surface area (Å²) < 4.78 is 10.6. The molecule has 1 aliphatic carbocycles. The van der Waals surface area contributed by atoms with Crippen molar-refractivity contribution in [3.05, 3.63) is 24.3 Å². The second-order valence-corrected chi connectivity index (χ2v) is 6.89. The first-order chi connectivity index (χ1) is 13.0. The van der Waals surface area contributed by atoms with Crippen LogP contribution in [0.3, 0.4) is 0 Å². The highest BCUT2D eigenvalue weighted by molar-refractivity contribution is 6.09. The van der Waals surface area contributed by atoms with Gasteiger partial charge in [-0.2, -0.15) is 0 Å². The molecule has 1 saturated carbocycles. The van der Waals surface area contributed by atoms with Crippen molar-refractivity contribution in [3.63, 3.8) is 0 Å². The number of carbonyl (C=O) groups excluding carboxylic acids is 3. The third-order valence-corrected chi connectivity index (χ3v) is 5.15. The summed E-state index contributed by atoms with van der Waals surface area (Å²) in [6.07, 6.45) is 3.09. The Morgan fingerprint density at radius 2 is 1.85 bits per heavy atom. The normalized spacial score (nSPS) is 19.1. The van der Waals surface area contributed by atoms with Gasteiger partial charge >= 0.3 is 6.03 Å². The van der Waals surface area contributed by atoms with Gasteiger partial charge in [-0.25, -0.2) is 9.69 Å². The van der Waals surface area contributed by atoms with Crippen LogP contribution in [0.15, 0.2) is 24.3 Å². The van der Waals surface area contributed by atoms with Crippen LogP contribution in [-0.4, -0.2) is 54.6 Å². The summed E-state index contributed by atoms with van der Waals surface area (Å²) in [6.45, 7) is 2.10. The number of hydrogen-bond acceptors (Lipinski definition) is 5. The van der Waals surface area contributed by atoms with E-state index in [4.69, 9.17) is 9.47 Å². The lowest BCUT2D eigenvalue weighted by atomic mass is 9.97. The zero-order chi connectivity index (χ0) is 19.4. The van der Waals surface area contributed by atoms with Crippen molar-refractivity contribution in [2.45, 2.75) is 44.2 Å². The highest BCUT2D eigenvalue weighted by atomic mass is 16.5. The van der Waals surface area contributed by atoms with Crippen LogP contribution in [-0.2, 0) is 9.59 Å². The lowest BCUT2D eigenvalue weighted by Gasteiger charge is -2.23. The van der Waals surface area contributed by atoms with Gasteiger partial charge in [0.25, 0.3) is 5.91 Å². The van der Waals surface area contributed by atoms with Gasteiger partial charge in [0, 0.05) is 0 Å². The molecule has 2 N–H and O–H groups in total. The molecule has 0 aromatic heterocycles. The maximum Gasteiger partial charge on any atom is 0.325 e. The molecule has 3 rings (SSSR count). The molecule has 2 fully saturated rings. The Kier molecular flexibility index (Phi) is 5.53. The van der Waals surface area contributed by atoms with E-state index in [-0.39, 0.29) is 25.0 Å². The summed E-state index contributed by atoms with van der Waals surface area (Å²) in [6, 6.07) is 5.77. The van der Waals surface area contributed by atoms with Crippen LogP contribution in [0, 0.1) is 0 Å². The van der Waals surface area contributed by atoms with Crippen LogP contribution in [0.5, 0.6) is 11.5 Å². The van der Waals surface area contributed by atoms with Crippen LogP contribution < -0.4 is 20.1 Å². The highest BCUT2D eigenvalue weighted by Crippen LogP contribution is 2.35. The molecule has 2 aliphatic rings. The zero-order valence-corrected chi connectivity index (χ0v) is 15.6. The number of nitrogens with zero attached hydrogens (tertiary/aromatic N) is 1. The van der Waals surface area contributed by atoms with Crippen LogP contribution in [0.2, 0.25) is 0 Å². The average Bonchev–Trinajstić information content (AvgIpc) is 3.23. The first kappa shape index (κ1) is 19.0. The van der Waals surface area contributed by atoms with E-state index in [0.717, 1.165) is 23.5 Å². The third kappa shape index (κ3) is 3.84. The van der Waals surface area contributed by atoms with E-state index < -0.39 is 17.6 Å². The van der Waals surface area contributed by atoms with Gasteiger partial charge in [0.1, 0.15) is 29.7 Å². The molecule has 27 heavy (non-hydrogen) atoms. The van der Waals surface area contributed by atoms with Crippen LogP contribution in [0.1, 0.15) is 32.6 Å². The first-order valence-electron chi connectivity index (χ1n) is 9.17. The Hall–Kier alpha value is -2.77. The predicted octanol–water partition coefficient (Wildman–Crippen LogP) is 1.44. The van der Waals surface area contributed by atoms with Crippen molar-refractivity contribution in [3.8, 4) is 11.5 Å². The van der Waals surface area contributed by atoms with Crippen molar-refractivity contribution < 1.29 is 23.9 Å². The van der Waals surface area contributed by atoms with E-state index in [9.17, 15) is 14.4 Å². The number of amides is 4. The number of methoxy groups -OCH3 is 1. The Bertz CT molecular complexity index is 713. The van der Waals surface area contributed by atoms with Gasteiger partial charge in [-0.05, 0) is 44.0 Å². The topological polar surface area (TPSA) is 97.0 Å². The van der Waals surface area contributed by atoms with E-state index in [1.165, 1.54) is 0 Å². The number of rotatable bonds is 7. The number of urea groups is 1. The van der Waals surface area contributed by atoms with Gasteiger partial charge in [0.05, 0.1) is 13.7 Å². The minimum absolute atomic E-state index is 0.268. The van der Waals surface area contributed by atoms with Crippen LogP contribution in [0.4, 0.5) is 4.79 Å². The molecule has 1 heterocycles. The average molecular weight is 375 g/mol. The second-order valence-electron chi connectivity index (χ2n) is 6.89. The molecule has 1 aliphatic heterocycles. The summed E-state index contributed by atoms with van der Waals surface area (Å²) in [5.74, 6) is 0.724. The molecular weight excluding hydrogens is 350 g/mol. The number of nitrogens with one attached hydrogen (secondary N) is 2. The van der Waals surface area contributed by atoms with Crippen molar-refractivity contribution in [2.24, 2.45) is 0 Å².